The number of nitrogens with zero attached hydrogens (tertiary/aromatic N) is 9. The van der Waals surface area contributed by atoms with Gasteiger partial charge in [-0.3, -0.25) is 54.4 Å². The number of ether oxygens (including phenoxy) is 5. The van der Waals surface area contributed by atoms with Crippen molar-refractivity contribution in [3.8, 4) is 40.2 Å². The van der Waals surface area contributed by atoms with Crippen molar-refractivity contribution >= 4 is 76.5 Å². The molecule has 37 heteroatoms. The van der Waals surface area contributed by atoms with Crippen LogP contribution in [0.4, 0.5) is 46.8 Å². The number of nitrogens with one attached hydrogen (secondary N) is 2. The average molecular weight is 2010 g/mol. The first kappa shape index (κ1) is 122. The van der Waals surface area contributed by atoms with Gasteiger partial charge in [0.15, 0.2) is 11.5 Å². The normalized spacial score (nSPS) is 12.3. The van der Waals surface area contributed by atoms with Crippen LogP contribution in [0.1, 0.15) is 188 Å². The van der Waals surface area contributed by atoms with Gasteiger partial charge >= 0.3 is 35.2 Å². The van der Waals surface area contributed by atoms with E-state index in [0.29, 0.717) is 135 Å². The number of phenols is 1. The molecular formula is C101H133F2N12O22Pd-. The number of aliphatic hydroxyl groups is 1. The number of benzene rings is 9. The summed E-state index contributed by atoms with van der Waals surface area (Å²) in [4.78, 5) is 134. The first-order valence-corrected chi connectivity index (χ1v) is 44.6. The van der Waals surface area contributed by atoms with E-state index in [1.54, 1.807) is 92.4 Å². The molecule has 7 N–H and O–H groups in total. The molecule has 2 atom stereocenters. The standard InChI is InChI=1S/C27H37N3O4.C17H18N2O4.C17H20N2O2.C11H13FN2O3.C10H17NO3.C7H4FNO4.C6H6O.C4H11N.CH4O.CH3.Pd/c1-6-29(7-2)25(31)20-15-16-23(24(18-20)33-22-13-9-8-10-14-22)28-19-21-12-11-17-30(21)26(32)34-27(3,4)5;1-3-18(4-2)17(20)13-10-11-15(19(21)22)16(12-13)23-14-8-6-5-7-9-14;1-3-19(4-2)17(20)13-10-11-15(18)16(12-13)21-14-8-6-5-7-9-14;1-3-13(4-2)11(15)8-5-6-10(14(16)17)9(12)7-8;1-10(2,3)14-9(13)11-6-4-5-8(11)7-12;8-5-3-4(7(10)11)1-2-6(5)9(12)13;7-6-4-2-1-3-5-6;1-3-5-4-2;1-2;;/h8-10,13-16,18,21,28H,6-7,11-12,17,19H2,1-5H3;5-12H,3-4H2,1-2H3;5-12H,3-4,18H2,1-2H3;5-7H,3-4H2,1-2H3;7-8H,4-6H2,1-3H3;1-3H,(H,10,11);1-5,7H;5H,3-4H2,1-2H3;2H,1H3;1H3;/q;;;;;;;;;-1;/t21-;;;;8-;;;;;;/m0...0....../s1. The largest absolute Gasteiger partial charge is 0.508 e. The van der Waals surface area contributed by atoms with Crippen molar-refractivity contribution in [2.24, 2.45) is 0 Å². The first-order valence-electron chi connectivity index (χ1n) is 44.6. The Hall–Kier alpha value is -14.0. The van der Waals surface area contributed by atoms with E-state index in [-0.39, 0.29) is 98.3 Å². The van der Waals surface area contributed by atoms with Gasteiger partial charge in [0, 0.05) is 146 Å². The van der Waals surface area contributed by atoms with Crippen LogP contribution in [0.15, 0.2) is 212 Å². The van der Waals surface area contributed by atoms with Crippen molar-refractivity contribution in [3.63, 3.8) is 0 Å². The van der Waals surface area contributed by atoms with E-state index in [0.717, 1.165) is 82.1 Å². The minimum absolute atomic E-state index is 0. The molecule has 0 unspecified atom stereocenters. The van der Waals surface area contributed by atoms with E-state index in [2.05, 4.69) is 24.5 Å². The number of aromatic hydroxyl groups is 1. The molecule has 34 nitrogen and oxygen atoms in total. The molecule has 9 aromatic rings. The average Bonchev–Trinajstić information content (AvgIpc) is 0.995. The number of anilines is 2. The number of carbonyl (C=O) groups excluding carboxylic acids is 7. The Kier molecular flexibility index (Phi) is 56.7. The zero-order chi connectivity index (χ0) is 102. The van der Waals surface area contributed by atoms with E-state index in [4.69, 9.17) is 44.7 Å². The van der Waals surface area contributed by atoms with Gasteiger partial charge in [-0.05, 0) is 251 Å². The fourth-order valence-corrected chi connectivity index (χ4v) is 12.7. The van der Waals surface area contributed by atoms with Crippen LogP contribution in [0.5, 0.6) is 40.2 Å². The van der Waals surface area contributed by atoms with Gasteiger partial charge in [-0.2, -0.15) is 8.78 Å². The van der Waals surface area contributed by atoms with Crippen LogP contribution in [0, 0.1) is 49.4 Å². The quantitative estimate of drug-likeness (QED) is 0.00662. The van der Waals surface area contributed by atoms with Crippen LogP contribution in [0.3, 0.4) is 0 Å². The molecule has 11 rings (SSSR count). The second-order valence-corrected chi connectivity index (χ2v) is 31.4. The number of para-hydroxylation sites is 4. The molecule has 754 valence electrons. The second kappa shape index (κ2) is 64.1. The maximum atomic E-state index is 13.3. The van der Waals surface area contributed by atoms with Crippen molar-refractivity contribution in [1.29, 1.82) is 0 Å². The summed E-state index contributed by atoms with van der Waals surface area (Å²) in [5.74, 6) is -0.710. The number of carbonyl (C=O) groups is 8. The molecule has 2 fully saturated rings. The molecule has 0 saturated carbocycles. The molecule has 9 aromatic carbocycles. The fourth-order valence-electron chi connectivity index (χ4n) is 12.7. The Morgan fingerprint density at radius 2 is 0.775 bits per heavy atom. The molecule has 0 aliphatic carbocycles. The molecule has 6 amide bonds. The Balaban J connectivity index is 0.000000822. The molecule has 138 heavy (non-hydrogen) atoms. The molecule has 2 aliphatic rings. The van der Waals surface area contributed by atoms with Crippen LogP contribution in [0.2, 0.25) is 0 Å². The van der Waals surface area contributed by atoms with Crippen molar-refractivity contribution in [2.75, 3.05) is 103 Å². The first-order chi connectivity index (χ1) is 64.7. The topological polar surface area (TPSA) is 442 Å². The molecule has 2 aliphatic heterocycles. The van der Waals surface area contributed by atoms with Gasteiger partial charge < -0.3 is 92.1 Å². The van der Waals surface area contributed by atoms with Crippen molar-refractivity contribution in [2.45, 2.75) is 160 Å². The number of nitro benzene ring substituents is 3. The van der Waals surface area contributed by atoms with Gasteiger partial charge in [0.2, 0.25) is 17.4 Å². The molecule has 0 spiro atoms. The number of rotatable bonds is 28. The maximum absolute atomic E-state index is 13.3. The third-order valence-electron chi connectivity index (χ3n) is 19.7. The molecule has 2 saturated heterocycles. The minimum Gasteiger partial charge on any atom is -0.508 e. The summed E-state index contributed by atoms with van der Waals surface area (Å²) >= 11 is 0. The summed E-state index contributed by atoms with van der Waals surface area (Å²) in [5.41, 5.74) is 6.00. The van der Waals surface area contributed by atoms with E-state index in [1.165, 1.54) is 34.1 Å². The molecule has 0 aromatic heterocycles. The maximum Gasteiger partial charge on any atom is 0.410 e. The Bertz CT molecular complexity index is 5240. The number of halogens is 2. The van der Waals surface area contributed by atoms with E-state index < -0.39 is 55.0 Å². The number of aromatic carboxylic acids is 1. The Labute approximate surface area is 820 Å². The number of likely N-dealkylation sites (tertiary alicyclic amines) is 2. The number of carboxylic acids is 1. The van der Waals surface area contributed by atoms with Gasteiger partial charge in [-0.15, -0.1) is 0 Å². The zero-order valence-electron chi connectivity index (χ0n) is 81.7. The monoisotopic (exact) mass is 2010 g/mol. The number of aldehydes is 1. The van der Waals surface area contributed by atoms with Crippen molar-refractivity contribution < 1.29 is 121 Å². The van der Waals surface area contributed by atoms with E-state index in [9.17, 15) is 77.5 Å². The SMILES string of the molecule is CC(C)(C)OC(=O)N1CCC[C@H]1C=O.CCN(CC)C(=O)c1ccc(N)c(Oc2ccccc2)c1.CCN(CC)C(=O)c1ccc(NC[C@@H]2CCCN2C(=O)OC(C)(C)C)c(Oc2ccccc2)c1.CCN(CC)C(=O)c1ccc([N+](=O)[O-])c(F)c1.CCN(CC)C(=O)c1ccc([N+](=O)[O-])c(Oc2ccccc2)c1.CCNCC.CO.O=C(O)c1ccc([N+](=O)[O-])c(F)c1.Oc1ccccc1.[CH3-].[Pd]. The molecule has 0 radical (unpaired) electrons. The number of nitrogens with two attached hydrogens (primary N) is 1. The van der Waals surface area contributed by atoms with Crippen molar-refractivity contribution in [1.82, 2.24) is 34.7 Å². The van der Waals surface area contributed by atoms with E-state index in [1.807, 2.05) is 182 Å². The van der Waals surface area contributed by atoms with E-state index >= 15 is 0 Å². The molecule has 0 bridgehead atoms. The number of amides is 6. The second-order valence-electron chi connectivity index (χ2n) is 31.4. The number of hydrogen-bond acceptors (Lipinski definition) is 24. The van der Waals surface area contributed by atoms with Crippen LogP contribution < -0.4 is 30.6 Å². The number of hydrogen-bond donors (Lipinski definition) is 6. The molecule has 2 heterocycles. The number of phenolic OH excluding ortho intramolecular Hbond substituents is 1. The number of nitrogen functional groups attached to an aromatic ring is 1. The number of carboxylic acid groups (broad SMARTS) is 1. The predicted octanol–water partition coefficient (Wildman–Crippen LogP) is 20.5. The summed E-state index contributed by atoms with van der Waals surface area (Å²) in [5, 5.41) is 62.3. The summed E-state index contributed by atoms with van der Waals surface area (Å²) in [6.45, 7) is 39.4. The van der Waals surface area contributed by atoms with Crippen LogP contribution >= 0.6 is 0 Å². The minimum atomic E-state index is -1.33. The van der Waals surface area contributed by atoms with Gasteiger partial charge in [0.1, 0.15) is 40.5 Å². The summed E-state index contributed by atoms with van der Waals surface area (Å²) in [6.07, 6.45) is 3.63. The van der Waals surface area contributed by atoms with Crippen LogP contribution in [0.25, 0.3) is 0 Å². The van der Waals surface area contributed by atoms with Gasteiger partial charge in [-0.25, -0.2) is 14.4 Å². The Morgan fingerprint density at radius 3 is 1.12 bits per heavy atom. The Morgan fingerprint density at radius 1 is 0.457 bits per heavy atom. The van der Waals surface area contributed by atoms with Crippen LogP contribution in [-0.2, 0) is 34.7 Å². The number of nitro groups is 3. The smallest absolute Gasteiger partial charge is 0.410 e. The van der Waals surface area contributed by atoms with Crippen LogP contribution in [-0.4, -0.2) is 223 Å². The van der Waals surface area contributed by atoms with Gasteiger partial charge in [-0.1, -0.05) is 86.6 Å². The third kappa shape index (κ3) is 42.1. The van der Waals surface area contributed by atoms with Gasteiger partial charge in [0.25, 0.3) is 23.6 Å². The molecular weight excluding hydrogens is 1880 g/mol. The van der Waals surface area contributed by atoms with Gasteiger partial charge in [0.05, 0.1) is 43.8 Å². The predicted molar refractivity (Wildman–Crippen MR) is 525 cm³/mol. The third-order valence-corrected chi connectivity index (χ3v) is 19.7. The summed E-state index contributed by atoms with van der Waals surface area (Å²) in [6, 6.07) is 56.5. The fraction of sp³-hybridized carbons (Fsp3) is 0.376. The summed E-state index contributed by atoms with van der Waals surface area (Å²) in [7, 11) is 1.00. The summed E-state index contributed by atoms with van der Waals surface area (Å²) < 4.78 is 54.4. The zero-order valence-corrected chi connectivity index (χ0v) is 83.3. The van der Waals surface area contributed by atoms with Crippen molar-refractivity contribution in [3.05, 3.63) is 290 Å². The number of aliphatic hydroxyl groups excluding tert-OH is 1.